The maximum absolute atomic E-state index is 13.2. The van der Waals surface area contributed by atoms with Crippen LogP contribution in [0.4, 0.5) is 4.39 Å². The van der Waals surface area contributed by atoms with Crippen molar-refractivity contribution >= 4 is 0 Å². The molecule has 5 heteroatoms. The molecule has 2 saturated heterocycles. The van der Waals surface area contributed by atoms with Gasteiger partial charge in [-0.25, -0.2) is 4.39 Å². The van der Waals surface area contributed by atoms with Crippen LogP contribution in [0.3, 0.4) is 0 Å². The first kappa shape index (κ1) is 10.3. The van der Waals surface area contributed by atoms with Gasteiger partial charge in [-0.3, -0.25) is 0 Å². The Morgan fingerprint density at radius 2 is 2.14 bits per heavy atom. The summed E-state index contributed by atoms with van der Waals surface area (Å²) in [5, 5.41) is 0. The van der Waals surface area contributed by atoms with E-state index >= 15 is 0 Å². The normalized spacial score (nSPS) is 42.4. The summed E-state index contributed by atoms with van der Waals surface area (Å²) >= 11 is 0. The molecule has 0 radical (unpaired) electrons. The first-order valence-electron chi connectivity index (χ1n) is 4.67. The second-order valence-electron chi connectivity index (χ2n) is 4.02. The molecule has 0 N–H and O–H groups in total. The molecule has 4 atom stereocenters. The molecule has 0 amide bonds. The molecule has 2 aliphatic heterocycles. The molecule has 0 spiro atoms. The van der Waals surface area contributed by atoms with E-state index in [4.69, 9.17) is 14.2 Å². The van der Waals surface area contributed by atoms with Gasteiger partial charge in [0.05, 0.1) is 6.61 Å². The predicted molar refractivity (Wildman–Crippen MR) is 45.5 cm³/mol. The molecule has 0 aromatic carbocycles. The van der Waals surface area contributed by atoms with Crippen LogP contribution in [0.25, 0.3) is 0 Å². The summed E-state index contributed by atoms with van der Waals surface area (Å²) in [6, 6.07) is 0. The number of hydrogen-bond acceptors (Lipinski definition) is 4. The third-order valence-corrected chi connectivity index (χ3v) is 2.48. The average Bonchev–Trinajstić information content (AvgIpc) is 2.58. The highest BCUT2D eigenvalue weighted by Gasteiger charge is 2.52. The molecule has 2 aliphatic rings. The van der Waals surface area contributed by atoms with Gasteiger partial charge in [-0.05, 0) is 13.8 Å². The quantitative estimate of drug-likeness (QED) is 0.671. The largest absolute Gasteiger partial charge is 0.367 e. The fourth-order valence-electron chi connectivity index (χ4n) is 1.93. The average molecular weight is 206 g/mol. The number of alkyl halides is 1. The summed E-state index contributed by atoms with van der Waals surface area (Å²) in [7, 11) is 1.31. The molecule has 0 bridgehead atoms. The SMILES string of the molecule is COC(F)[C@H]1OC[C@H]2OC(C)(C)O[C@@H]12. The first-order valence-corrected chi connectivity index (χ1v) is 4.67. The fraction of sp³-hybridized carbons (Fsp3) is 1.00. The van der Waals surface area contributed by atoms with Crippen LogP contribution in [-0.2, 0) is 18.9 Å². The molecule has 1 unspecified atom stereocenters. The molecular formula is C9H15FO4. The van der Waals surface area contributed by atoms with Crippen LogP contribution in [0.1, 0.15) is 13.8 Å². The van der Waals surface area contributed by atoms with Gasteiger partial charge in [0.1, 0.15) is 18.3 Å². The van der Waals surface area contributed by atoms with Crippen LogP contribution in [0, 0.1) is 0 Å². The molecule has 0 aromatic rings. The van der Waals surface area contributed by atoms with Crippen molar-refractivity contribution in [3.8, 4) is 0 Å². The predicted octanol–water partition coefficient (Wildman–Crippen LogP) is 0.847. The number of halogens is 1. The van der Waals surface area contributed by atoms with Gasteiger partial charge in [-0.2, -0.15) is 0 Å². The second kappa shape index (κ2) is 3.41. The van der Waals surface area contributed by atoms with Crippen molar-refractivity contribution in [2.24, 2.45) is 0 Å². The lowest BCUT2D eigenvalue weighted by atomic mass is 10.1. The van der Waals surface area contributed by atoms with Crippen molar-refractivity contribution in [2.45, 2.75) is 44.3 Å². The Morgan fingerprint density at radius 3 is 2.79 bits per heavy atom. The lowest BCUT2D eigenvalue weighted by Gasteiger charge is -2.22. The lowest BCUT2D eigenvalue weighted by molar-refractivity contribution is -0.199. The van der Waals surface area contributed by atoms with Crippen LogP contribution in [0.2, 0.25) is 0 Å². The molecule has 0 aromatic heterocycles. The molecule has 2 fully saturated rings. The minimum Gasteiger partial charge on any atom is -0.367 e. The third-order valence-electron chi connectivity index (χ3n) is 2.48. The maximum atomic E-state index is 13.2. The molecule has 82 valence electrons. The van der Waals surface area contributed by atoms with Gasteiger partial charge in [-0.1, -0.05) is 0 Å². The molecule has 2 heterocycles. The molecule has 0 saturated carbocycles. The Balaban J connectivity index is 2.04. The van der Waals surface area contributed by atoms with E-state index in [1.165, 1.54) is 7.11 Å². The lowest BCUT2D eigenvalue weighted by Crippen LogP contribution is -2.37. The van der Waals surface area contributed by atoms with Crippen molar-refractivity contribution in [3.05, 3.63) is 0 Å². The summed E-state index contributed by atoms with van der Waals surface area (Å²) in [5.74, 6) is -0.648. The van der Waals surface area contributed by atoms with E-state index in [1.807, 2.05) is 13.8 Å². The highest BCUT2D eigenvalue weighted by Crippen LogP contribution is 2.36. The zero-order chi connectivity index (χ0) is 10.3. The Kier molecular flexibility index (Phi) is 2.51. The molecule has 4 nitrogen and oxygen atoms in total. The van der Waals surface area contributed by atoms with Crippen LogP contribution in [0.5, 0.6) is 0 Å². The number of methoxy groups -OCH3 is 1. The van der Waals surface area contributed by atoms with E-state index in [9.17, 15) is 4.39 Å². The number of rotatable bonds is 2. The van der Waals surface area contributed by atoms with Gasteiger partial charge < -0.3 is 18.9 Å². The van der Waals surface area contributed by atoms with E-state index < -0.39 is 18.2 Å². The summed E-state index contributed by atoms with van der Waals surface area (Å²) in [5.41, 5.74) is 0. The van der Waals surface area contributed by atoms with Crippen LogP contribution >= 0.6 is 0 Å². The van der Waals surface area contributed by atoms with Crippen molar-refractivity contribution < 1.29 is 23.3 Å². The standard InChI is InChI=1S/C9H15FO4/c1-9(2)13-5-4-12-7(6(5)14-9)8(10)11-3/h5-8H,4H2,1-3H3/t5-,6-,7+,8?/m1/s1. The topological polar surface area (TPSA) is 36.9 Å². The van der Waals surface area contributed by atoms with Crippen molar-refractivity contribution in [2.75, 3.05) is 13.7 Å². The summed E-state index contributed by atoms with van der Waals surface area (Å²) in [6.45, 7) is 3.98. The summed E-state index contributed by atoms with van der Waals surface area (Å²) in [6.07, 6.45) is -2.67. The van der Waals surface area contributed by atoms with Gasteiger partial charge >= 0.3 is 0 Å². The van der Waals surface area contributed by atoms with E-state index in [0.717, 1.165) is 0 Å². The summed E-state index contributed by atoms with van der Waals surface area (Å²) < 4.78 is 34.1. The Bertz CT molecular complexity index is 221. The van der Waals surface area contributed by atoms with Gasteiger partial charge in [0.25, 0.3) is 0 Å². The minimum absolute atomic E-state index is 0.177. The van der Waals surface area contributed by atoms with E-state index in [2.05, 4.69) is 4.74 Å². The number of fused-ring (bicyclic) bond motifs is 1. The minimum atomic E-state index is -1.46. The van der Waals surface area contributed by atoms with Gasteiger partial charge in [0, 0.05) is 7.11 Å². The van der Waals surface area contributed by atoms with Crippen LogP contribution in [0.15, 0.2) is 0 Å². The zero-order valence-electron chi connectivity index (χ0n) is 8.53. The van der Waals surface area contributed by atoms with Gasteiger partial charge in [-0.15, -0.1) is 0 Å². The van der Waals surface area contributed by atoms with E-state index in [0.29, 0.717) is 6.61 Å². The first-order chi connectivity index (χ1) is 6.53. The van der Waals surface area contributed by atoms with Crippen molar-refractivity contribution in [3.63, 3.8) is 0 Å². The maximum Gasteiger partial charge on any atom is 0.227 e. The Morgan fingerprint density at radius 1 is 1.43 bits per heavy atom. The van der Waals surface area contributed by atoms with Crippen LogP contribution < -0.4 is 0 Å². The smallest absolute Gasteiger partial charge is 0.227 e. The van der Waals surface area contributed by atoms with Crippen molar-refractivity contribution in [1.29, 1.82) is 0 Å². The van der Waals surface area contributed by atoms with Crippen LogP contribution in [-0.4, -0.2) is 44.2 Å². The van der Waals surface area contributed by atoms with Gasteiger partial charge in [0.2, 0.25) is 6.36 Å². The monoisotopic (exact) mass is 206 g/mol. The van der Waals surface area contributed by atoms with E-state index in [-0.39, 0.29) is 12.2 Å². The summed E-state index contributed by atoms with van der Waals surface area (Å²) in [4.78, 5) is 0. The second-order valence-corrected chi connectivity index (χ2v) is 4.02. The Hall–Kier alpha value is -0.230. The Labute approximate surface area is 82.3 Å². The van der Waals surface area contributed by atoms with Gasteiger partial charge in [0.15, 0.2) is 5.79 Å². The van der Waals surface area contributed by atoms with E-state index in [1.54, 1.807) is 0 Å². The molecule has 14 heavy (non-hydrogen) atoms. The molecule has 2 rings (SSSR count). The molecule has 0 aliphatic carbocycles. The fourth-order valence-corrected chi connectivity index (χ4v) is 1.93. The number of hydrogen-bond donors (Lipinski definition) is 0. The highest BCUT2D eigenvalue weighted by atomic mass is 19.1. The number of ether oxygens (including phenoxy) is 4. The molecular weight excluding hydrogens is 191 g/mol. The highest BCUT2D eigenvalue weighted by molar-refractivity contribution is 4.93. The zero-order valence-corrected chi connectivity index (χ0v) is 8.53. The van der Waals surface area contributed by atoms with Crippen molar-refractivity contribution in [1.82, 2.24) is 0 Å². The third kappa shape index (κ3) is 1.65.